The number of rotatable bonds is 4. The minimum atomic E-state index is 0.651. The first-order valence-electron chi connectivity index (χ1n) is 8.77. The Labute approximate surface area is 160 Å². The Morgan fingerprint density at radius 1 is 0.821 bits per heavy atom. The highest BCUT2D eigenvalue weighted by Crippen LogP contribution is 2.32. The average molecular weight is 371 g/mol. The number of pyridine rings is 1. The monoisotopic (exact) mass is 371 g/mol. The number of aromatic nitrogens is 5. The molecule has 0 saturated heterocycles. The molecule has 0 saturated carbocycles. The van der Waals surface area contributed by atoms with Crippen molar-refractivity contribution in [3.05, 3.63) is 60.9 Å². The van der Waals surface area contributed by atoms with Gasteiger partial charge in [-0.1, -0.05) is 6.07 Å². The summed E-state index contributed by atoms with van der Waals surface area (Å²) >= 11 is 0. The lowest BCUT2D eigenvalue weighted by molar-refractivity contribution is 0.355. The summed E-state index contributed by atoms with van der Waals surface area (Å²) in [6, 6.07) is 15.9. The summed E-state index contributed by atoms with van der Waals surface area (Å²) in [5, 5.41) is 16.8. The zero-order chi connectivity index (χ0) is 19.1. The van der Waals surface area contributed by atoms with Gasteiger partial charge in [0.1, 0.15) is 0 Å². The number of H-pyrrole nitrogens is 1. The summed E-state index contributed by atoms with van der Waals surface area (Å²) in [5.74, 6) is 2.06. The van der Waals surface area contributed by atoms with Crippen molar-refractivity contribution in [3.63, 3.8) is 0 Å². The first-order chi connectivity index (χ1) is 13.8. The molecule has 0 bridgehead atoms. The summed E-state index contributed by atoms with van der Waals surface area (Å²) in [6.45, 7) is 0. The van der Waals surface area contributed by atoms with E-state index in [4.69, 9.17) is 9.47 Å². The smallest absolute Gasteiger partial charge is 0.168 e. The first-order valence-corrected chi connectivity index (χ1v) is 8.77. The van der Waals surface area contributed by atoms with E-state index in [9.17, 15) is 0 Å². The van der Waals surface area contributed by atoms with Gasteiger partial charge in [0.15, 0.2) is 23.0 Å². The van der Waals surface area contributed by atoms with Crippen LogP contribution in [0.25, 0.3) is 39.1 Å². The van der Waals surface area contributed by atoms with Gasteiger partial charge in [-0.05, 0) is 53.6 Å². The van der Waals surface area contributed by atoms with E-state index in [0.717, 1.165) is 39.1 Å². The predicted molar refractivity (Wildman–Crippen MR) is 107 cm³/mol. The van der Waals surface area contributed by atoms with E-state index in [0.29, 0.717) is 11.5 Å². The lowest BCUT2D eigenvalue weighted by Gasteiger charge is -2.09. The zero-order valence-corrected chi connectivity index (χ0v) is 15.4. The molecule has 5 rings (SSSR count). The van der Waals surface area contributed by atoms with Crippen LogP contribution in [0.15, 0.2) is 60.9 Å². The van der Waals surface area contributed by atoms with Crippen molar-refractivity contribution in [2.45, 2.75) is 0 Å². The van der Waals surface area contributed by atoms with Gasteiger partial charge in [0.2, 0.25) is 0 Å². The minimum Gasteiger partial charge on any atom is -0.493 e. The fourth-order valence-electron chi connectivity index (χ4n) is 3.36. The molecule has 0 aliphatic heterocycles. The number of hydrogen-bond acceptors (Lipinski definition) is 5. The standard InChI is InChI=1S/C21H17N5O2/c1-27-18-7-4-14(10-19(18)28-2)21-25-24-20-8-5-15(12-26(20)21)13-3-6-17-16(9-13)11-22-23-17/h3-12H,1-2H3,(H,22,23). The van der Waals surface area contributed by atoms with Crippen LogP contribution in [0, 0.1) is 0 Å². The average Bonchev–Trinajstić information content (AvgIpc) is 3.38. The lowest BCUT2D eigenvalue weighted by atomic mass is 10.1. The zero-order valence-electron chi connectivity index (χ0n) is 15.4. The van der Waals surface area contributed by atoms with Crippen LogP contribution in [0.3, 0.4) is 0 Å². The molecule has 7 nitrogen and oxygen atoms in total. The number of hydrogen-bond donors (Lipinski definition) is 1. The quantitative estimate of drug-likeness (QED) is 0.517. The van der Waals surface area contributed by atoms with E-state index in [1.807, 2.05) is 53.2 Å². The minimum absolute atomic E-state index is 0.651. The molecule has 0 unspecified atom stereocenters. The summed E-state index contributed by atoms with van der Waals surface area (Å²) in [4.78, 5) is 0. The second-order valence-electron chi connectivity index (χ2n) is 6.41. The van der Waals surface area contributed by atoms with E-state index in [1.165, 1.54) is 0 Å². The van der Waals surface area contributed by atoms with Gasteiger partial charge in [-0.15, -0.1) is 10.2 Å². The van der Waals surface area contributed by atoms with E-state index >= 15 is 0 Å². The van der Waals surface area contributed by atoms with Crippen molar-refractivity contribution >= 4 is 16.6 Å². The summed E-state index contributed by atoms with van der Waals surface area (Å²) < 4.78 is 12.7. The molecule has 0 spiro atoms. The Kier molecular flexibility index (Phi) is 3.72. The molecule has 3 heterocycles. The van der Waals surface area contributed by atoms with Gasteiger partial charge in [-0.25, -0.2) is 0 Å². The number of ether oxygens (including phenoxy) is 2. The van der Waals surface area contributed by atoms with Gasteiger partial charge in [-0.2, -0.15) is 5.10 Å². The van der Waals surface area contributed by atoms with Crippen molar-refractivity contribution in [1.82, 2.24) is 24.8 Å². The highest BCUT2D eigenvalue weighted by molar-refractivity contribution is 5.84. The SMILES string of the molecule is COc1ccc(-c2nnc3ccc(-c4ccc5[nH]ncc5c4)cn23)cc1OC. The number of aromatic amines is 1. The second kappa shape index (κ2) is 6.38. The molecule has 0 aliphatic rings. The molecule has 28 heavy (non-hydrogen) atoms. The highest BCUT2D eigenvalue weighted by Gasteiger charge is 2.13. The topological polar surface area (TPSA) is 77.3 Å². The maximum atomic E-state index is 5.42. The van der Waals surface area contributed by atoms with E-state index in [1.54, 1.807) is 14.2 Å². The molecule has 1 N–H and O–H groups in total. The van der Waals surface area contributed by atoms with Crippen molar-refractivity contribution in [3.8, 4) is 34.0 Å². The molecular weight excluding hydrogens is 354 g/mol. The molecule has 0 radical (unpaired) electrons. The van der Waals surface area contributed by atoms with Crippen LogP contribution in [0.2, 0.25) is 0 Å². The van der Waals surface area contributed by atoms with Gasteiger partial charge in [-0.3, -0.25) is 9.50 Å². The molecular formula is C21H17N5O2. The van der Waals surface area contributed by atoms with Crippen LogP contribution in [0.1, 0.15) is 0 Å². The van der Waals surface area contributed by atoms with Crippen LogP contribution in [0.4, 0.5) is 0 Å². The normalized spacial score (nSPS) is 11.2. The number of methoxy groups -OCH3 is 2. The van der Waals surface area contributed by atoms with Crippen LogP contribution in [-0.2, 0) is 0 Å². The number of nitrogens with zero attached hydrogens (tertiary/aromatic N) is 4. The van der Waals surface area contributed by atoms with Gasteiger partial charge in [0, 0.05) is 17.1 Å². The Bertz CT molecular complexity index is 1300. The third-order valence-corrected chi connectivity index (χ3v) is 4.82. The summed E-state index contributed by atoms with van der Waals surface area (Å²) in [7, 11) is 3.24. The Balaban J connectivity index is 1.64. The lowest BCUT2D eigenvalue weighted by Crippen LogP contribution is -1.94. The van der Waals surface area contributed by atoms with Crippen LogP contribution in [-0.4, -0.2) is 39.0 Å². The largest absolute Gasteiger partial charge is 0.493 e. The van der Waals surface area contributed by atoms with Gasteiger partial charge in [0.05, 0.1) is 25.9 Å². The molecule has 0 amide bonds. The maximum Gasteiger partial charge on any atom is 0.168 e. The van der Waals surface area contributed by atoms with Crippen LogP contribution in [0.5, 0.6) is 11.5 Å². The van der Waals surface area contributed by atoms with Crippen LogP contribution < -0.4 is 9.47 Å². The number of benzene rings is 2. The van der Waals surface area contributed by atoms with Gasteiger partial charge < -0.3 is 9.47 Å². The van der Waals surface area contributed by atoms with Gasteiger partial charge >= 0.3 is 0 Å². The van der Waals surface area contributed by atoms with E-state index in [-0.39, 0.29) is 0 Å². The van der Waals surface area contributed by atoms with E-state index < -0.39 is 0 Å². The van der Waals surface area contributed by atoms with Crippen molar-refractivity contribution < 1.29 is 9.47 Å². The van der Waals surface area contributed by atoms with Crippen molar-refractivity contribution in [2.24, 2.45) is 0 Å². The third kappa shape index (κ3) is 2.56. The second-order valence-corrected chi connectivity index (χ2v) is 6.41. The highest BCUT2D eigenvalue weighted by atomic mass is 16.5. The Morgan fingerprint density at radius 2 is 1.64 bits per heavy atom. The molecule has 0 atom stereocenters. The molecule has 0 fully saturated rings. The summed E-state index contributed by atoms with van der Waals surface area (Å²) in [6.07, 6.45) is 3.87. The molecule has 3 aromatic heterocycles. The van der Waals surface area contributed by atoms with Crippen molar-refractivity contribution in [2.75, 3.05) is 14.2 Å². The number of fused-ring (bicyclic) bond motifs is 2. The molecule has 138 valence electrons. The fraction of sp³-hybridized carbons (Fsp3) is 0.0952. The third-order valence-electron chi connectivity index (χ3n) is 4.82. The van der Waals surface area contributed by atoms with Crippen molar-refractivity contribution in [1.29, 1.82) is 0 Å². The summed E-state index contributed by atoms with van der Waals surface area (Å²) in [5.41, 5.74) is 4.85. The molecule has 7 heteroatoms. The number of nitrogens with one attached hydrogen (secondary N) is 1. The van der Waals surface area contributed by atoms with Crippen LogP contribution >= 0.6 is 0 Å². The molecule has 0 aliphatic carbocycles. The molecule has 2 aromatic carbocycles. The van der Waals surface area contributed by atoms with E-state index in [2.05, 4.69) is 32.5 Å². The van der Waals surface area contributed by atoms with Gasteiger partial charge in [0.25, 0.3) is 0 Å². The Hall–Kier alpha value is -3.87. The first kappa shape index (κ1) is 16.3. The molecule has 5 aromatic rings. The Morgan fingerprint density at radius 3 is 2.50 bits per heavy atom. The fourth-order valence-corrected chi connectivity index (χ4v) is 3.36. The predicted octanol–water partition coefficient (Wildman–Crippen LogP) is 3.96. The maximum absolute atomic E-state index is 5.42.